The molecule has 80 valence electrons. The summed E-state index contributed by atoms with van der Waals surface area (Å²) in [6, 6.07) is 1.98. The molecule has 0 saturated heterocycles. The second kappa shape index (κ2) is 7.74. The highest BCUT2D eigenvalue weighted by Gasteiger charge is 1.99. The maximum Gasteiger partial charge on any atom is 0.0303 e. The molecule has 0 fully saturated rings. The molecule has 0 aliphatic heterocycles. The van der Waals surface area contributed by atoms with Crippen LogP contribution in [0.25, 0.3) is 5.57 Å². The standard InChI is InChI=1S/C12H13N.C2H6/c1-4-6-11(5-2)12-7-8-13-9-10(12)3;1-2/h4-9H,1-2H2,3H3;1-2H3/b11-6+;. The van der Waals surface area contributed by atoms with Gasteiger partial charge in [0.1, 0.15) is 0 Å². The van der Waals surface area contributed by atoms with Crippen LogP contribution in [0.2, 0.25) is 0 Å². The van der Waals surface area contributed by atoms with Crippen molar-refractivity contribution in [3.8, 4) is 0 Å². The lowest BCUT2D eigenvalue weighted by Crippen LogP contribution is -1.86. The molecule has 1 nitrogen and oxygen atoms in total. The minimum atomic E-state index is 1.08. The van der Waals surface area contributed by atoms with Gasteiger partial charge < -0.3 is 0 Å². The first kappa shape index (κ1) is 13.4. The van der Waals surface area contributed by atoms with Gasteiger partial charge in [0.25, 0.3) is 0 Å². The monoisotopic (exact) mass is 201 g/mol. The van der Waals surface area contributed by atoms with Crippen LogP contribution in [-0.4, -0.2) is 4.98 Å². The summed E-state index contributed by atoms with van der Waals surface area (Å²) in [6.45, 7) is 13.5. The van der Waals surface area contributed by atoms with E-state index in [2.05, 4.69) is 18.1 Å². The van der Waals surface area contributed by atoms with Gasteiger partial charge in [0.05, 0.1) is 0 Å². The SMILES string of the molecule is C=C/C=C(\C=C)c1ccncc1C.CC. The molecule has 0 aliphatic carbocycles. The van der Waals surface area contributed by atoms with E-state index in [1.807, 2.05) is 45.2 Å². The Morgan fingerprint density at radius 1 is 1.33 bits per heavy atom. The summed E-state index contributed by atoms with van der Waals surface area (Å²) in [5.41, 5.74) is 3.38. The second-order valence-electron chi connectivity index (χ2n) is 2.75. The average molecular weight is 201 g/mol. The van der Waals surface area contributed by atoms with E-state index in [0.717, 1.165) is 16.7 Å². The Labute approximate surface area is 92.9 Å². The number of aromatic nitrogens is 1. The van der Waals surface area contributed by atoms with Gasteiger partial charge in [-0.2, -0.15) is 0 Å². The van der Waals surface area contributed by atoms with Gasteiger partial charge in [0.15, 0.2) is 0 Å². The van der Waals surface area contributed by atoms with E-state index in [9.17, 15) is 0 Å². The fourth-order valence-corrected chi connectivity index (χ4v) is 1.19. The second-order valence-corrected chi connectivity index (χ2v) is 2.75. The van der Waals surface area contributed by atoms with Crippen molar-refractivity contribution in [3.05, 3.63) is 61.0 Å². The zero-order valence-electron chi connectivity index (χ0n) is 9.83. The number of allylic oxidation sites excluding steroid dienone is 4. The molecule has 1 aromatic heterocycles. The van der Waals surface area contributed by atoms with Gasteiger partial charge in [-0.15, -0.1) is 0 Å². The quantitative estimate of drug-likeness (QED) is 0.669. The smallest absolute Gasteiger partial charge is 0.0303 e. The molecule has 0 unspecified atom stereocenters. The Morgan fingerprint density at radius 2 is 2.00 bits per heavy atom. The Balaban J connectivity index is 0.000000921. The van der Waals surface area contributed by atoms with E-state index in [-0.39, 0.29) is 0 Å². The van der Waals surface area contributed by atoms with Crippen molar-refractivity contribution in [3.63, 3.8) is 0 Å². The predicted molar refractivity (Wildman–Crippen MR) is 68.7 cm³/mol. The summed E-state index contributed by atoms with van der Waals surface area (Å²) in [6.07, 6.45) is 9.15. The van der Waals surface area contributed by atoms with Crippen molar-refractivity contribution in [1.29, 1.82) is 0 Å². The van der Waals surface area contributed by atoms with Crippen molar-refractivity contribution in [2.45, 2.75) is 20.8 Å². The minimum Gasteiger partial charge on any atom is -0.264 e. The van der Waals surface area contributed by atoms with E-state index in [4.69, 9.17) is 0 Å². The summed E-state index contributed by atoms with van der Waals surface area (Å²) in [5, 5.41) is 0. The number of nitrogens with zero attached hydrogens (tertiary/aromatic N) is 1. The third-order valence-corrected chi connectivity index (χ3v) is 1.85. The Morgan fingerprint density at radius 3 is 2.47 bits per heavy atom. The molecule has 0 spiro atoms. The molecule has 0 saturated carbocycles. The van der Waals surface area contributed by atoms with Crippen molar-refractivity contribution < 1.29 is 0 Å². The van der Waals surface area contributed by atoms with Crippen LogP contribution in [0.15, 0.2) is 49.8 Å². The molecule has 1 aromatic rings. The lowest BCUT2D eigenvalue weighted by atomic mass is 10.0. The first-order valence-electron chi connectivity index (χ1n) is 5.15. The van der Waals surface area contributed by atoms with Gasteiger partial charge in [-0.3, -0.25) is 4.98 Å². The molecule has 0 aromatic carbocycles. The first-order valence-corrected chi connectivity index (χ1v) is 5.15. The van der Waals surface area contributed by atoms with Crippen LogP contribution in [0, 0.1) is 6.92 Å². The molecule has 1 heterocycles. The van der Waals surface area contributed by atoms with Crippen molar-refractivity contribution in [2.24, 2.45) is 0 Å². The summed E-state index contributed by atoms with van der Waals surface area (Å²) in [4.78, 5) is 4.03. The van der Waals surface area contributed by atoms with E-state index < -0.39 is 0 Å². The van der Waals surface area contributed by atoms with Crippen LogP contribution >= 0.6 is 0 Å². The third kappa shape index (κ3) is 3.94. The molecule has 0 atom stereocenters. The van der Waals surface area contributed by atoms with Crippen molar-refractivity contribution >= 4 is 5.57 Å². The fourth-order valence-electron chi connectivity index (χ4n) is 1.19. The summed E-state index contributed by atoms with van der Waals surface area (Å²) < 4.78 is 0. The Hall–Kier alpha value is -1.63. The lowest BCUT2D eigenvalue weighted by molar-refractivity contribution is 1.25. The van der Waals surface area contributed by atoms with E-state index in [1.54, 1.807) is 12.3 Å². The van der Waals surface area contributed by atoms with Crippen molar-refractivity contribution in [1.82, 2.24) is 4.98 Å². The molecular formula is C14H19N. The van der Waals surface area contributed by atoms with Crippen LogP contribution in [0.3, 0.4) is 0 Å². The zero-order valence-corrected chi connectivity index (χ0v) is 9.83. The molecule has 1 heteroatoms. The average Bonchev–Trinajstić information content (AvgIpc) is 2.30. The summed E-state index contributed by atoms with van der Waals surface area (Å²) in [5.74, 6) is 0. The number of hydrogen-bond acceptors (Lipinski definition) is 1. The highest BCUT2D eigenvalue weighted by Crippen LogP contribution is 2.18. The molecule has 0 N–H and O–H groups in total. The largest absolute Gasteiger partial charge is 0.264 e. The first-order chi connectivity index (χ1) is 7.29. The van der Waals surface area contributed by atoms with Gasteiger partial charge in [0, 0.05) is 12.4 Å². The van der Waals surface area contributed by atoms with Gasteiger partial charge in [0.2, 0.25) is 0 Å². The fraction of sp³-hybridized carbons (Fsp3) is 0.214. The van der Waals surface area contributed by atoms with Gasteiger partial charge in [-0.25, -0.2) is 0 Å². The Kier molecular flexibility index (Phi) is 6.90. The third-order valence-electron chi connectivity index (χ3n) is 1.85. The molecular weight excluding hydrogens is 182 g/mol. The van der Waals surface area contributed by atoms with E-state index in [0.29, 0.717) is 0 Å². The lowest BCUT2D eigenvalue weighted by Gasteiger charge is -2.04. The van der Waals surface area contributed by atoms with Crippen LogP contribution in [0.4, 0.5) is 0 Å². The maximum atomic E-state index is 4.03. The number of aryl methyl sites for hydroxylation is 1. The highest BCUT2D eigenvalue weighted by molar-refractivity contribution is 5.76. The predicted octanol–water partition coefficient (Wildman–Crippen LogP) is 4.17. The zero-order chi connectivity index (χ0) is 11.7. The van der Waals surface area contributed by atoms with Crippen molar-refractivity contribution in [2.75, 3.05) is 0 Å². The number of rotatable bonds is 3. The maximum absolute atomic E-state index is 4.03. The molecule has 0 amide bonds. The van der Waals surface area contributed by atoms with Gasteiger partial charge >= 0.3 is 0 Å². The molecule has 15 heavy (non-hydrogen) atoms. The molecule has 1 rings (SSSR count). The van der Waals surface area contributed by atoms with E-state index >= 15 is 0 Å². The minimum absolute atomic E-state index is 1.08. The molecule has 0 bridgehead atoms. The summed E-state index contributed by atoms with van der Waals surface area (Å²) in [7, 11) is 0. The van der Waals surface area contributed by atoms with Crippen LogP contribution in [0.5, 0.6) is 0 Å². The Bertz CT molecular complexity index is 348. The van der Waals surface area contributed by atoms with Crippen LogP contribution < -0.4 is 0 Å². The molecule has 0 aliphatic rings. The topological polar surface area (TPSA) is 12.9 Å². The number of pyridine rings is 1. The van der Waals surface area contributed by atoms with Crippen LogP contribution in [-0.2, 0) is 0 Å². The van der Waals surface area contributed by atoms with Gasteiger partial charge in [-0.1, -0.05) is 45.2 Å². The summed E-state index contributed by atoms with van der Waals surface area (Å²) >= 11 is 0. The van der Waals surface area contributed by atoms with Gasteiger partial charge in [-0.05, 0) is 29.7 Å². The normalized spacial score (nSPS) is 9.93. The van der Waals surface area contributed by atoms with Crippen LogP contribution in [0.1, 0.15) is 25.0 Å². The number of hydrogen-bond donors (Lipinski definition) is 0. The van der Waals surface area contributed by atoms with E-state index in [1.165, 1.54) is 0 Å². The molecule has 0 radical (unpaired) electrons. The highest BCUT2D eigenvalue weighted by atomic mass is 14.6.